The van der Waals surface area contributed by atoms with Gasteiger partial charge in [-0.05, 0) is 85.2 Å². The first kappa shape index (κ1) is 29.6. The van der Waals surface area contributed by atoms with Gasteiger partial charge < -0.3 is 29.9 Å². The average Bonchev–Trinajstić information content (AvgIpc) is 3.82. The molecule has 4 aromatic heterocycles. The number of anilines is 2. The Morgan fingerprint density at radius 3 is 2.85 bits per heavy atom. The van der Waals surface area contributed by atoms with Gasteiger partial charge in [-0.3, -0.25) is 0 Å². The first-order valence-electron chi connectivity index (χ1n) is 17.1. The van der Waals surface area contributed by atoms with Crippen molar-refractivity contribution in [3.8, 4) is 17.6 Å². The summed E-state index contributed by atoms with van der Waals surface area (Å²) in [6, 6.07) is 3.11. The molecule has 0 aromatic carbocycles. The molecule has 0 saturated carbocycles. The standard InChI is InChI=1S/C34H41N9O3S/c1-18(23-6-5-13-41(23)3)43-32-25-22(39-43)9-8-19-10-12-33(2,44)16-42(19)31(25)37-30(38-32)27-21-15-45-17-34(28(21)46-40-27)11-4-7-24-26(34)20(14-35)29(36)47-24/h18-19,23,44H,4-13,15-17,36H2,1-3H3/t18-,19-,23-,33+,34+/m0/s1. The molecule has 0 radical (unpaired) electrons. The van der Waals surface area contributed by atoms with Crippen molar-refractivity contribution >= 4 is 33.2 Å². The molecule has 47 heavy (non-hydrogen) atoms. The number of likely N-dealkylation sites (N-methyl/N-ethyl adjacent to an activating group) is 1. The molecular formula is C34H41N9O3S. The van der Waals surface area contributed by atoms with E-state index >= 15 is 0 Å². The summed E-state index contributed by atoms with van der Waals surface area (Å²) in [6.07, 6.45) is 8.34. The first-order valence-corrected chi connectivity index (χ1v) is 17.9. The number of thiophene rings is 1. The molecular weight excluding hydrogens is 615 g/mol. The summed E-state index contributed by atoms with van der Waals surface area (Å²) in [7, 11) is 2.20. The number of aryl methyl sites for hydroxylation is 2. The van der Waals surface area contributed by atoms with E-state index in [4.69, 9.17) is 30.1 Å². The number of nitrogens with zero attached hydrogens (tertiary/aromatic N) is 8. The number of nitrogen functional groups attached to an aromatic ring is 1. The number of nitriles is 1. The largest absolute Gasteiger partial charge is 0.389 e. The van der Waals surface area contributed by atoms with E-state index in [1.807, 2.05) is 6.92 Å². The van der Waals surface area contributed by atoms with Gasteiger partial charge in [-0.1, -0.05) is 5.16 Å². The lowest BCUT2D eigenvalue weighted by atomic mass is 9.68. The molecule has 0 amide bonds. The van der Waals surface area contributed by atoms with E-state index in [2.05, 4.69) is 39.7 Å². The van der Waals surface area contributed by atoms with Gasteiger partial charge in [0.25, 0.3) is 0 Å². The Hall–Kier alpha value is -3.57. The molecule has 0 unspecified atom stereocenters. The highest BCUT2D eigenvalue weighted by atomic mass is 32.1. The Balaban J connectivity index is 1.24. The number of aromatic nitrogens is 5. The zero-order chi connectivity index (χ0) is 32.2. The lowest BCUT2D eigenvalue weighted by molar-refractivity contribution is 0.0357. The van der Waals surface area contributed by atoms with E-state index in [0.717, 1.165) is 102 Å². The monoisotopic (exact) mass is 655 g/mol. The maximum atomic E-state index is 11.3. The van der Waals surface area contributed by atoms with Crippen LogP contribution in [0.15, 0.2) is 4.52 Å². The molecule has 5 aliphatic rings. The second kappa shape index (κ2) is 10.5. The number of hydrogen-bond acceptors (Lipinski definition) is 12. The van der Waals surface area contributed by atoms with E-state index in [9.17, 15) is 10.4 Å². The summed E-state index contributed by atoms with van der Waals surface area (Å²) < 4.78 is 14.8. The van der Waals surface area contributed by atoms with Crippen molar-refractivity contribution in [3.05, 3.63) is 33.0 Å². The number of ether oxygens (including phenoxy) is 1. The summed E-state index contributed by atoms with van der Waals surface area (Å²) in [5.74, 6) is 2.03. The van der Waals surface area contributed by atoms with Crippen molar-refractivity contribution in [1.82, 2.24) is 29.8 Å². The van der Waals surface area contributed by atoms with Crippen molar-refractivity contribution in [2.24, 2.45) is 0 Å². The summed E-state index contributed by atoms with van der Waals surface area (Å²) in [5, 5.41) is 32.9. The zero-order valence-corrected chi connectivity index (χ0v) is 28.1. The van der Waals surface area contributed by atoms with Gasteiger partial charge in [0.05, 0.1) is 52.5 Å². The van der Waals surface area contributed by atoms with Gasteiger partial charge in [0.15, 0.2) is 22.9 Å². The number of rotatable bonds is 3. The SMILES string of the molecule is C[C@@H]([C@@H]1CCCN1C)n1nc2c3c(nc(-c4noc5c4COC[C@@]54CCCc5sc(N)c(C#N)c54)nc31)N1C[C@](C)(O)CC[C@@H]1CC2. The molecule has 2 fully saturated rings. The van der Waals surface area contributed by atoms with Crippen molar-refractivity contribution < 1.29 is 14.4 Å². The Labute approximate surface area is 277 Å². The van der Waals surface area contributed by atoms with Gasteiger partial charge in [-0.25, -0.2) is 14.6 Å². The molecule has 5 atom stereocenters. The van der Waals surface area contributed by atoms with Gasteiger partial charge in [0.2, 0.25) is 0 Å². The van der Waals surface area contributed by atoms with Gasteiger partial charge in [-0.2, -0.15) is 10.4 Å². The number of aliphatic hydroxyl groups is 1. The van der Waals surface area contributed by atoms with Crippen LogP contribution in [0, 0.1) is 11.3 Å². The molecule has 4 aliphatic heterocycles. The number of fused-ring (bicyclic) bond motifs is 6. The van der Waals surface area contributed by atoms with E-state index in [-0.39, 0.29) is 12.1 Å². The van der Waals surface area contributed by atoms with E-state index in [0.29, 0.717) is 47.9 Å². The van der Waals surface area contributed by atoms with Crippen LogP contribution in [0.25, 0.3) is 22.6 Å². The predicted molar refractivity (Wildman–Crippen MR) is 177 cm³/mol. The summed E-state index contributed by atoms with van der Waals surface area (Å²) in [6.45, 7) is 6.47. The summed E-state index contributed by atoms with van der Waals surface area (Å²) in [5.41, 5.74) is 9.61. The van der Waals surface area contributed by atoms with Crippen LogP contribution in [0.3, 0.4) is 0 Å². The maximum Gasteiger partial charge on any atom is 0.186 e. The molecule has 9 rings (SSSR count). The molecule has 2 saturated heterocycles. The van der Waals surface area contributed by atoms with Gasteiger partial charge in [0.1, 0.15) is 16.9 Å². The number of nitrogens with two attached hydrogens (primary N) is 1. The predicted octanol–water partition coefficient (Wildman–Crippen LogP) is 4.47. The molecule has 246 valence electrons. The minimum Gasteiger partial charge on any atom is -0.389 e. The average molecular weight is 656 g/mol. The van der Waals surface area contributed by atoms with Crippen LogP contribution in [0.5, 0.6) is 0 Å². The highest BCUT2D eigenvalue weighted by molar-refractivity contribution is 7.16. The minimum atomic E-state index is -0.818. The molecule has 1 spiro atoms. The highest BCUT2D eigenvalue weighted by Crippen LogP contribution is 2.53. The van der Waals surface area contributed by atoms with Gasteiger partial charge >= 0.3 is 0 Å². The van der Waals surface area contributed by atoms with Crippen LogP contribution < -0.4 is 10.6 Å². The van der Waals surface area contributed by atoms with Gasteiger partial charge in [-0.15, -0.1) is 11.3 Å². The molecule has 8 heterocycles. The Kier molecular flexibility index (Phi) is 6.58. The van der Waals surface area contributed by atoms with E-state index in [1.54, 1.807) is 0 Å². The normalized spacial score (nSPS) is 29.4. The van der Waals surface area contributed by atoms with Crippen molar-refractivity contribution in [1.29, 1.82) is 5.26 Å². The third-order valence-corrected chi connectivity index (χ3v) is 12.8. The molecule has 3 N–H and O–H groups in total. The van der Waals surface area contributed by atoms with Crippen LogP contribution in [0.1, 0.15) is 97.9 Å². The smallest absolute Gasteiger partial charge is 0.186 e. The first-order chi connectivity index (χ1) is 22.7. The third kappa shape index (κ3) is 4.27. The quantitative estimate of drug-likeness (QED) is 0.321. The van der Waals surface area contributed by atoms with Crippen LogP contribution in [-0.2, 0) is 29.6 Å². The highest BCUT2D eigenvalue weighted by Gasteiger charge is 2.50. The maximum absolute atomic E-state index is 11.3. The summed E-state index contributed by atoms with van der Waals surface area (Å²) >= 11 is 1.50. The van der Waals surface area contributed by atoms with E-state index < -0.39 is 11.0 Å². The van der Waals surface area contributed by atoms with Crippen LogP contribution >= 0.6 is 11.3 Å². The van der Waals surface area contributed by atoms with Crippen LogP contribution in [-0.4, -0.2) is 79.3 Å². The molecule has 12 nitrogen and oxygen atoms in total. The Morgan fingerprint density at radius 2 is 2.04 bits per heavy atom. The lowest BCUT2D eigenvalue weighted by Crippen LogP contribution is -2.51. The van der Waals surface area contributed by atoms with Crippen molar-refractivity contribution in [2.75, 3.05) is 37.4 Å². The lowest BCUT2D eigenvalue weighted by Gasteiger charge is -2.43. The topological polar surface area (TPSA) is 155 Å². The fraction of sp³-hybridized carbons (Fsp3) is 0.618. The van der Waals surface area contributed by atoms with Crippen molar-refractivity contribution in [3.63, 3.8) is 0 Å². The van der Waals surface area contributed by atoms with Crippen molar-refractivity contribution in [2.45, 2.75) is 107 Å². The second-order valence-corrected chi connectivity index (χ2v) is 15.9. The van der Waals surface area contributed by atoms with Crippen LogP contribution in [0.4, 0.5) is 10.8 Å². The van der Waals surface area contributed by atoms with Gasteiger partial charge in [0, 0.05) is 29.1 Å². The Bertz CT molecular complexity index is 1950. The Morgan fingerprint density at radius 1 is 1.17 bits per heavy atom. The summed E-state index contributed by atoms with van der Waals surface area (Å²) in [4.78, 5) is 16.4. The minimum absolute atomic E-state index is 0.112. The number of likely N-dealkylation sites (tertiary alicyclic amines) is 1. The zero-order valence-electron chi connectivity index (χ0n) is 27.3. The molecule has 1 aliphatic carbocycles. The third-order valence-electron chi connectivity index (χ3n) is 11.7. The fourth-order valence-electron chi connectivity index (χ4n) is 9.36. The molecule has 13 heteroatoms. The van der Waals surface area contributed by atoms with Crippen LogP contribution in [0.2, 0.25) is 0 Å². The number of hydrogen-bond donors (Lipinski definition) is 2. The fourth-order valence-corrected chi connectivity index (χ4v) is 10.5. The van der Waals surface area contributed by atoms with E-state index in [1.165, 1.54) is 17.8 Å². The molecule has 0 bridgehead atoms. The number of piperidine rings is 1. The second-order valence-electron chi connectivity index (χ2n) is 14.8. The molecule has 4 aromatic rings.